The molecule has 1 aromatic heterocycles. The maximum Gasteiger partial charge on any atom is 0.165 e. The Hall–Kier alpha value is -1.57. The van der Waals surface area contributed by atoms with Gasteiger partial charge in [-0.3, -0.25) is 4.79 Å². The second kappa shape index (κ2) is 4.47. The van der Waals surface area contributed by atoms with Crippen LogP contribution in [0.5, 0.6) is 0 Å². The zero-order chi connectivity index (χ0) is 13.7. The van der Waals surface area contributed by atoms with Crippen molar-refractivity contribution in [2.75, 3.05) is 0 Å². The standard InChI is InChI=1S/C18H21NO/c1-19-11-16(15-4-2-3-5-17(15)19)18(20)10-14-9-12-6-7-13(14)8-12/h2-5,11-14H,6-10H2,1H3. The number of carbonyl (C=O) groups is 1. The van der Waals surface area contributed by atoms with Crippen LogP contribution in [0, 0.1) is 17.8 Å². The normalized spacial score (nSPS) is 28.4. The molecule has 2 nitrogen and oxygen atoms in total. The number of nitrogens with zero attached hydrogens (tertiary/aromatic N) is 1. The molecule has 0 saturated heterocycles. The van der Waals surface area contributed by atoms with Crippen LogP contribution in [0.3, 0.4) is 0 Å². The van der Waals surface area contributed by atoms with E-state index in [-0.39, 0.29) is 0 Å². The average molecular weight is 267 g/mol. The Morgan fingerprint density at radius 3 is 2.85 bits per heavy atom. The summed E-state index contributed by atoms with van der Waals surface area (Å²) in [6, 6.07) is 8.22. The van der Waals surface area contributed by atoms with E-state index in [0.29, 0.717) is 11.7 Å². The first-order valence-electron chi connectivity index (χ1n) is 7.79. The highest BCUT2D eigenvalue weighted by Gasteiger charge is 2.40. The van der Waals surface area contributed by atoms with E-state index in [9.17, 15) is 4.79 Å². The van der Waals surface area contributed by atoms with Crippen LogP contribution in [-0.2, 0) is 7.05 Å². The third kappa shape index (κ3) is 1.81. The van der Waals surface area contributed by atoms with Crippen LogP contribution >= 0.6 is 0 Å². The number of fused-ring (bicyclic) bond motifs is 3. The number of rotatable bonds is 3. The number of aromatic nitrogens is 1. The summed E-state index contributed by atoms with van der Waals surface area (Å²) in [4.78, 5) is 12.7. The fourth-order valence-corrected chi connectivity index (χ4v) is 4.54. The zero-order valence-corrected chi connectivity index (χ0v) is 12.0. The molecule has 0 N–H and O–H groups in total. The van der Waals surface area contributed by atoms with E-state index in [0.717, 1.165) is 34.7 Å². The number of Topliss-reactive ketones (excluding diaryl/α,β-unsaturated/α-hetero) is 1. The molecule has 2 bridgehead atoms. The lowest BCUT2D eigenvalue weighted by atomic mass is 9.84. The zero-order valence-electron chi connectivity index (χ0n) is 12.0. The molecule has 1 aromatic carbocycles. The van der Waals surface area contributed by atoms with E-state index < -0.39 is 0 Å². The van der Waals surface area contributed by atoms with Gasteiger partial charge in [-0.1, -0.05) is 24.6 Å². The summed E-state index contributed by atoms with van der Waals surface area (Å²) < 4.78 is 2.07. The number of para-hydroxylation sites is 1. The van der Waals surface area contributed by atoms with E-state index in [4.69, 9.17) is 0 Å². The van der Waals surface area contributed by atoms with Gasteiger partial charge in [0.1, 0.15) is 0 Å². The van der Waals surface area contributed by atoms with Crippen LogP contribution in [0.4, 0.5) is 0 Å². The lowest BCUT2D eigenvalue weighted by Gasteiger charge is -2.20. The van der Waals surface area contributed by atoms with Crippen molar-refractivity contribution in [3.63, 3.8) is 0 Å². The highest BCUT2D eigenvalue weighted by Crippen LogP contribution is 2.49. The first-order chi connectivity index (χ1) is 9.72. The van der Waals surface area contributed by atoms with E-state index >= 15 is 0 Å². The van der Waals surface area contributed by atoms with Crippen LogP contribution in [0.2, 0.25) is 0 Å². The molecule has 3 unspecified atom stereocenters. The molecule has 2 fully saturated rings. The molecule has 3 atom stereocenters. The van der Waals surface area contributed by atoms with Gasteiger partial charge in [0.15, 0.2) is 5.78 Å². The molecule has 20 heavy (non-hydrogen) atoms. The number of aryl methyl sites for hydroxylation is 1. The molecule has 2 aliphatic carbocycles. The van der Waals surface area contributed by atoms with Crippen molar-refractivity contribution in [1.82, 2.24) is 4.57 Å². The topological polar surface area (TPSA) is 22.0 Å². The monoisotopic (exact) mass is 267 g/mol. The Morgan fingerprint density at radius 1 is 1.25 bits per heavy atom. The summed E-state index contributed by atoms with van der Waals surface area (Å²) in [5.74, 6) is 2.75. The predicted molar refractivity (Wildman–Crippen MR) is 80.8 cm³/mol. The Kier molecular flexibility index (Phi) is 2.73. The molecule has 1 heterocycles. The van der Waals surface area contributed by atoms with Crippen molar-refractivity contribution >= 4 is 16.7 Å². The largest absolute Gasteiger partial charge is 0.350 e. The van der Waals surface area contributed by atoms with Gasteiger partial charge in [0.05, 0.1) is 0 Å². The van der Waals surface area contributed by atoms with Gasteiger partial charge in [-0.2, -0.15) is 0 Å². The summed E-state index contributed by atoms with van der Waals surface area (Å²) in [6.07, 6.45) is 8.21. The van der Waals surface area contributed by atoms with Gasteiger partial charge in [0, 0.05) is 36.1 Å². The second-order valence-corrected chi connectivity index (χ2v) is 6.73. The summed E-state index contributed by atoms with van der Waals surface area (Å²) >= 11 is 0. The van der Waals surface area contributed by atoms with Crippen molar-refractivity contribution in [3.05, 3.63) is 36.0 Å². The molecule has 0 radical (unpaired) electrons. The lowest BCUT2D eigenvalue weighted by molar-refractivity contribution is 0.0946. The number of benzene rings is 1. The average Bonchev–Trinajstić information content (AvgIpc) is 3.14. The van der Waals surface area contributed by atoms with E-state index in [1.807, 2.05) is 25.4 Å². The van der Waals surface area contributed by atoms with Gasteiger partial charge in [0.25, 0.3) is 0 Å². The van der Waals surface area contributed by atoms with Crippen LogP contribution in [0.25, 0.3) is 10.9 Å². The molecule has 2 aliphatic rings. The summed E-state index contributed by atoms with van der Waals surface area (Å²) in [5, 5.41) is 1.11. The molecule has 104 valence electrons. The highest BCUT2D eigenvalue weighted by molar-refractivity contribution is 6.08. The van der Waals surface area contributed by atoms with Crippen molar-refractivity contribution in [3.8, 4) is 0 Å². The molecule has 0 amide bonds. The van der Waals surface area contributed by atoms with Crippen LogP contribution in [-0.4, -0.2) is 10.4 Å². The van der Waals surface area contributed by atoms with Gasteiger partial charge in [-0.25, -0.2) is 0 Å². The van der Waals surface area contributed by atoms with Crippen LogP contribution < -0.4 is 0 Å². The van der Waals surface area contributed by atoms with Gasteiger partial charge < -0.3 is 4.57 Å². The van der Waals surface area contributed by atoms with Crippen molar-refractivity contribution in [2.24, 2.45) is 24.8 Å². The Morgan fingerprint density at radius 2 is 2.10 bits per heavy atom. The molecule has 2 saturated carbocycles. The Labute approximate surface area is 119 Å². The molecular formula is C18H21NO. The van der Waals surface area contributed by atoms with Gasteiger partial charge in [0.2, 0.25) is 0 Å². The van der Waals surface area contributed by atoms with Crippen LogP contribution in [0.15, 0.2) is 30.5 Å². The van der Waals surface area contributed by atoms with E-state index in [1.165, 1.54) is 25.7 Å². The SMILES string of the molecule is Cn1cc(C(=O)CC2CC3CCC2C3)c2ccccc21. The molecule has 2 heteroatoms. The van der Waals surface area contributed by atoms with Crippen LogP contribution in [0.1, 0.15) is 42.5 Å². The minimum Gasteiger partial charge on any atom is -0.350 e. The number of hydrogen-bond acceptors (Lipinski definition) is 1. The maximum absolute atomic E-state index is 12.7. The third-order valence-electron chi connectivity index (χ3n) is 5.53. The van der Waals surface area contributed by atoms with Crippen molar-refractivity contribution in [1.29, 1.82) is 0 Å². The quantitative estimate of drug-likeness (QED) is 0.764. The van der Waals surface area contributed by atoms with Gasteiger partial charge in [-0.05, 0) is 43.1 Å². The molecular weight excluding hydrogens is 246 g/mol. The predicted octanol–water partition coefficient (Wildman–Crippen LogP) is 4.19. The first-order valence-corrected chi connectivity index (χ1v) is 7.79. The molecule has 2 aromatic rings. The number of hydrogen-bond donors (Lipinski definition) is 0. The van der Waals surface area contributed by atoms with Gasteiger partial charge >= 0.3 is 0 Å². The Balaban J connectivity index is 1.61. The minimum atomic E-state index is 0.347. The molecule has 0 spiro atoms. The van der Waals surface area contributed by atoms with E-state index in [1.54, 1.807) is 0 Å². The molecule has 0 aliphatic heterocycles. The minimum absolute atomic E-state index is 0.347. The third-order valence-corrected chi connectivity index (χ3v) is 5.53. The second-order valence-electron chi connectivity index (χ2n) is 6.73. The fraction of sp³-hybridized carbons (Fsp3) is 0.500. The summed E-state index contributed by atoms with van der Waals surface area (Å²) in [7, 11) is 2.02. The Bertz CT molecular complexity index is 669. The first kappa shape index (κ1) is 12.2. The highest BCUT2D eigenvalue weighted by atomic mass is 16.1. The fourth-order valence-electron chi connectivity index (χ4n) is 4.54. The van der Waals surface area contributed by atoms with E-state index in [2.05, 4.69) is 16.7 Å². The lowest BCUT2D eigenvalue weighted by Crippen LogP contribution is -2.15. The van der Waals surface area contributed by atoms with Crippen molar-refractivity contribution in [2.45, 2.75) is 32.1 Å². The summed E-state index contributed by atoms with van der Waals surface area (Å²) in [5.41, 5.74) is 2.08. The van der Waals surface area contributed by atoms with Crippen molar-refractivity contribution < 1.29 is 4.79 Å². The molecule has 4 rings (SSSR count). The smallest absolute Gasteiger partial charge is 0.165 e. The maximum atomic E-state index is 12.7. The number of carbonyl (C=O) groups excluding carboxylic acids is 1. The van der Waals surface area contributed by atoms with Gasteiger partial charge in [-0.15, -0.1) is 0 Å². The summed E-state index contributed by atoms with van der Waals surface area (Å²) in [6.45, 7) is 0. The number of ketones is 1.